The number of carbonyl (C=O) groups is 1. The van der Waals surface area contributed by atoms with Crippen molar-refractivity contribution in [3.63, 3.8) is 0 Å². The third-order valence-corrected chi connectivity index (χ3v) is 8.13. The molecular weight excluding hydrogens is 534 g/mol. The zero-order valence-electron chi connectivity index (χ0n) is 23.6. The fraction of sp³-hybridized carbons (Fsp3) is 0.333. The number of pyridine rings is 1. The van der Waals surface area contributed by atoms with Crippen LogP contribution in [0.1, 0.15) is 74.8 Å². The number of nitrogens with zero attached hydrogens (tertiary/aromatic N) is 3. The highest BCUT2D eigenvalue weighted by Gasteiger charge is 2.41. The number of aryl methyl sites for hydroxylation is 1. The predicted octanol–water partition coefficient (Wildman–Crippen LogP) is 7.88. The van der Waals surface area contributed by atoms with Crippen LogP contribution in [0.5, 0.6) is 0 Å². The van der Waals surface area contributed by atoms with Gasteiger partial charge in [0, 0.05) is 17.7 Å². The first-order valence-corrected chi connectivity index (χ1v) is 14.5. The topological polar surface area (TPSA) is 92.3 Å². The molecule has 1 unspecified atom stereocenters. The fourth-order valence-corrected chi connectivity index (χ4v) is 6.05. The lowest BCUT2D eigenvalue weighted by Gasteiger charge is -2.43. The van der Waals surface area contributed by atoms with Gasteiger partial charge in [-0.2, -0.15) is 5.10 Å². The van der Waals surface area contributed by atoms with Gasteiger partial charge in [0.2, 0.25) is 0 Å². The van der Waals surface area contributed by atoms with Crippen LogP contribution in [0.4, 0.5) is 10.5 Å². The van der Waals surface area contributed by atoms with Crippen molar-refractivity contribution in [2.45, 2.75) is 69.9 Å². The molecule has 6 rings (SSSR count). The van der Waals surface area contributed by atoms with E-state index in [0.717, 1.165) is 71.6 Å². The number of halogens is 1. The summed E-state index contributed by atoms with van der Waals surface area (Å²) in [6.07, 6.45) is 5.75. The minimum absolute atomic E-state index is 0.0715. The normalized spacial score (nSPS) is 18.0. The Balaban J connectivity index is 1.41. The van der Waals surface area contributed by atoms with E-state index in [0.29, 0.717) is 5.15 Å². The Hall–Kier alpha value is -3.97. The molecule has 210 valence electrons. The first kappa shape index (κ1) is 27.2. The Morgan fingerprint density at radius 2 is 1.83 bits per heavy atom. The number of aliphatic imine (C=N–C) groups is 1. The number of benzene rings is 2. The van der Waals surface area contributed by atoms with Crippen LogP contribution in [0.2, 0.25) is 5.15 Å². The number of carbonyl (C=O) groups excluding carboxylic acids is 1. The minimum Gasteiger partial charge on any atom is -0.444 e. The SMILES string of the molecule is CC(C)(C)OC(=O)NC1(c2ccc(C3=Nc4c(-c5ccn[nH]5)cc(Cl)nc4CCC3c3ccccc3)cc2)CCC1. The predicted molar refractivity (Wildman–Crippen MR) is 162 cm³/mol. The van der Waals surface area contributed by atoms with Crippen LogP contribution in [0.25, 0.3) is 11.3 Å². The molecule has 1 aliphatic carbocycles. The molecule has 2 aliphatic rings. The van der Waals surface area contributed by atoms with Crippen molar-refractivity contribution < 1.29 is 9.53 Å². The van der Waals surface area contributed by atoms with Crippen molar-refractivity contribution in [3.8, 4) is 11.3 Å². The smallest absolute Gasteiger partial charge is 0.408 e. The average Bonchev–Trinajstić information content (AvgIpc) is 3.39. The van der Waals surface area contributed by atoms with Gasteiger partial charge in [0.15, 0.2) is 0 Å². The molecule has 1 saturated carbocycles. The van der Waals surface area contributed by atoms with E-state index in [2.05, 4.69) is 64.0 Å². The zero-order chi connectivity index (χ0) is 28.6. The number of aromatic nitrogens is 3. The highest BCUT2D eigenvalue weighted by molar-refractivity contribution is 6.29. The van der Waals surface area contributed by atoms with E-state index in [9.17, 15) is 4.79 Å². The third-order valence-electron chi connectivity index (χ3n) is 7.94. The lowest BCUT2D eigenvalue weighted by molar-refractivity contribution is 0.0377. The number of alkyl carbamates (subject to hydrolysis) is 1. The van der Waals surface area contributed by atoms with Gasteiger partial charge >= 0.3 is 6.09 Å². The van der Waals surface area contributed by atoms with Crippen LogP contribution in [0, 0.1) is 0 Å². The van der Waals surface area contributed by atoms with E-state index in [1.54, 1.807) is 6.20 Å². The molecule has 1 amide bonds. The number of rotatable bonds is 5. The molecule has 1 aliphatic heterocycles. The number of hydrogen-bond acceptors (Lipinski definition) is 5. The lowest BCUT2D eigenvalue weighted by Crippen LogP contribution is -2.52. The molecule has 0 radical (unpaired) electrons. The summed E-state index contributed by atoms with van der Waals surface area (Å²) < 4.78 is 5.58. The van der Waals surface area contributed by atoms with Gasteiger partial charge in [-0.15, -0.1) is 0 Å². The zero-order valence-corrected chi connectivity index (χ0v) is 24.3. The van der Waals surface area contributed by atoms with Gasteiger partial charge in [-0.1, -0.05) is 66.2 Å². The first-order valence-electron chi connectivity index (χ1n) is 14.2. The molecule has 41 heavy (non-hydrogen) atoms. The summed E-state index contributed by atoms with van der Waals surface area (Å²) in [6, 6.07) is 22.8. The molecule has 7 nitrogen and oxygen atoms in total. The molecule has 0 saturated heterocycles. The maximum absolute atomic E-state index is 12.7. The van der Waals surface area contributed by atoms with Crippen LogP contribution in [0.3, 0.4) is 0 Å². The molecule has 1 atom stereocenters. The summed E-state index contributed by atoms with van der Waals surface area (Å²) >= 11 is 6.48. The second-order valence-electron chi connectivity index (χ2n) is 11.9. The number of H-pyrrole nitrogens is 1. The third kappa shape index (κ3) is 5.64. The molecule has 8 heteroatoms. The van der Waals surface area contributed by atoms with Crippen LogP contribution in [-0.4, -0.2) is 32.6 Å². The van der Waals surface area contributed by atoms with Crippen molar-refractivity contribution >= 4 is 29.1 Å². The summed E-state index contributed by atoms with van der Waals surface area (Å²) in [6.45, 7) is 5.64. The van der Waals surface area contributed by atoms with Gasteiger partial charge in [0.05, 0.1) is 28.3 Å². The minimum atomic E-state index is -0.548. The highest BCUT2D eigenvalue weighted by atomic mass is 35.5. The van der Waals surface area contributed by atoms with E-state index < -0.39 is 11.1 Å². The van der Waals surface area contributed by atoms with Crippen LogP contribution >= 0.6 is 11.6 Å². The number of nitrogens with one attached hydrogen (secondary N) is 2. The van der Waals surface area contributed by atoms with E-state index in [4.69, 9.17) is 26.3 Å². The van der Waals surface area contributed by atoms with Gasteiger partial charge in [-0.3, -0.25) is 5.10 Å². The Morgan fingerprint density at radius 1 is 1.07 bits per heavy atom. The van der Waals surface area contributed by atoms with Gasteiger partial charge in [0.25, 0.3) is 0 Å². The molecule has 0 bridgehead atoms. The van der Waals surface area contributed by atoms with Crippen molar-refractivity contribution in [2.24, 2.45) is 4.99 Å². The van der Waals surface area contributed by atoms with Crippen molar-refractivity contribution in [1.82, 2.24) is 20.5 Å². The Bertz CT molecular complexity index is 1570. The summed E-state index contributed by atoms with van der Waals surface area (Å²) in [5.74, 6) is 0.0715. The number of amides is 1. The van der Waals surface area contributed by atoms with Gasteiger partial charge in [0.1, 0.15) is 10.8 Å². The molecule has 1 fully saturated rings. The van der Waals surface area contributed by atoms with Gasteiger partial charge in [-0.05, 0) is 81.7 Å². The first-order chi connectivity index (χ1) is 19.7. The number of fused-ring (bicyclic) bond motifs is 1. The lowest BCUT2D eigenvalue weighted by atomic mass is 9.71. The Labute approximate surface area is 245 Å². The van der Waals surface area contributed by atoms with E-state index >= 15 is 0 Å². The van der Waals surface area contributed by atoms with Crippen molar-refractivity contribution in [2.75, 3.05) is 0 Å². The molecule has 2 aromatic heterocycles. The van der Waals surface area contributed by atoms with Crippen LogP contribution < -0.4 is 5.32 Å². The molecule has 2 N–H and O–H groups in total. The Kier molecular flexibility index (Phi) is 7.16. The summed E-state index contributed by atoms with van der Waals surface area (Å²) in [5, 5.41) is 10.8. The number of hydrogen-bond donors (Lipinski definition) is 2. The van der Waals surface area contributed by atoms with E-state index in [1.807, 2.05) is 39.0 Å². The fourth-order valence-electron chi connectivity index (χ4n) is 5.83. The number of ether oxygens (including phenoxy) is 1. The molecule has 0 spiro atoms. The van der Waals surface area contributed by atoms with E-state index in [-0.39, 0.29) is 12.0 Å². The second-order valence-corrected chi connectivity index (χ2v) is 12.3. The van der Waals surface area contributed by atoms with Crippen LogP contribution in [-0.2, 0) is 16.7 Å². The molecule has 3 heterocycles. The average molecular weight is 568 g/mol. The summed E-state index contributed by atoms with van der Waals surface area (Å²) in [7, 11) is 0. The standard InChI is InChI=1S/C33H34ClN5O2/c1-32(2,3)41-31(40)38-33(17-7-18-33)23-12-10-22(11-13-23)29-24(21-8-5-4-6-9-21)14-15-27-30(37-29)25(20-28(34)36-27)26-16-19-35-39-26/h4-6,8-13,16,19-20,24H,7,14-15,17-18H2,1-3H3,(H,35,39)(H,38,40). The second kappa shape index (κ2) is 10.8. The van der Waals surface area contributed by atoms with Crippen LogP contribution in [0.15, 0.2) is 77.9 Å². The summed E-state index contributed by atoms with van der Waals surface area (Å²) in [4.78, 5) is 22.7. The molecule has 2 aromatic carbocycles. The molecular formula is C33H34ClN5O2. The Morgan fingerprint density at radius 3 is 2.46 bits per heavy atom. The maximum atomic E-state index is 12.7. The van der Waals surface area contributed by atoms with Crippen molar-refractivity contribution in [3.05, 3.63) is 100 Å². The summed E-state index contributed by atoms with van der Waals surface area (Å²) in [5.41, 5.74) is 6.77. The van der Waals surface area contributed by atoms with Gasteiger partial charge < -0.3 is 10.1 Å². The quantitative estimate of drug-likeness (QED) is 0.240. The monoisotopic (exact) mass is 567 g/mol. The number of aromatic amines is 1. The van der Waals surface area contributed by atoms with E-state index in [1.165, 1.54) is 5.56 Å². The van der Waals surface area contributed by atoms with Gasteiger partial charge in [-0.25, -0.2) is 14.8 Å². The largest absolute Gasteiger partial charge is 0.444 e. The molecule has 4 aromatic rings. The van der Waals surface area contributed by atoms with Crippen molar-refractivity contribution in [1.29, 1.82) is 0 Å². The highest BCUT2D eigenvalue weighted by Crippen LogP contribution is 2.43. The maximum Gasteiger partial charge on any atom is 0.408 e.